The summed E-state index contributed by atoms with van der Waals surface area (Å²) in [4.78, 5) is 107. The van der Waals surface area contributed by atoms with Crippen molar-refractivity contribution in [3.63, 3.8) is 0 Å². The molecule has 2 heterocycles. The summed E-state index contributed by atoms with van der Waals surface area (Å²) in [7, 11) is 0. The van der Waals surface area contributed by atoms with Crippen molar-refractivity contribution in [2.75, 3.05) is 32.0 Å². The van der Waals surface area contributed by atoms with Crippen molar-refractivity contribution in [2.24, 2.45) is 17.6 Å². The molecule has 0 spiro atoms. The van der Waals surface area contributed by atoms with Gasteiger partial charge in [0.2, 0.25) is 47.6 Å². The molecule has 11 atom stereocenters. The van der Waals surface area contributed by atoms with Crippen LogP contribution in [-0.2, 0) is 38.4 Å². The van der Waals surface area contributed by atoms with Gasteiger partial charge >= 0.3 is 0 Å². The zero-order valence-electron chi connectivity index (χ0n) is 34.4. The van der Waals surface area contributed by atoms with E-state index >= 15 is 0 Å². The maximum absolute atomic E-state index is 13.6. The van der Waals surface area contributed by atoms with Gasteiger partial charge in [0.15, 0.2) is 0 Å². The lowest BCUT2D eigenvalue weighted by molar-refractivity contribution is -0.139. The number of amides is 7. The quantitative estimate of drug-likeness (QED) is 0.0330. The van der Waals surface area contributed by atoms with Crippen LogP contribution in [0.4, 0.5) is 0 Å². The summed E-state index contributed by atoms with van der Waals surface area (Å²) in [6.45, 7) is 8.87. The molecule has 0 unspecified atom stereocenters. The molecule has 2 aliphatic heterocycles. The first-order valence-electron chi connectivity index (χ1n) is 20.4. The zero-order valence-corrected chi connectivity index (χ0v) is 35.3. The third kappa shape index (κ3) is 14.8. The van der Waals surface area contributed by atoms with Gasteiger partial charge in [-0.15, -0.1) is 0 Å². The minimum atomic E-state index is -1.62. The van der Waals surface area contributed by atoms with Gasteiger partial charge in [-0.2, -0.15) is 12.6 Å². The largest absolute Gasteiger partial charge is 0.394 e. The van der Waals surface area contributed by atoms with Gasteiger partial charge in [0.1, 0.15) is 36.3 Å². The minimum Gasteiger partial charge on any atom is -0.394 e. The van der Waals surface area contributed by atoms with Crippen LogP contribution in [0.25, 0.3) is 0 Å². The molecule has 0 bridgehead atoms. The van der Waals surface area contributed by atoms with E-state index < -0.39 is 96.5 Å². The van der Waals surface area contributed by atoms with Crippen LogP contribution in [0.5, 0.6) is 0 Å². The average molecular weight is 841 g/mol. The van der Waals surface area contributed by atoms with Gasteiger partial charge in [0.25, 0.3) is 0 Å². The Morgan fingerprint density at radius 3 is 1.90 bits per heavy atom. The molecule has 0 aromatic carbocycles. The Morgan fingerprint density at radius 2 is 1.34 bits per heavy atom. The molecule has 19 nitrogen and oxygen atoms in total. The number of nitrogens with one attached hydrogen (secondary N) is 7. The molecule has 2 saturated heterocycles. The van der Waals surface area contributed by atoms with E-state index in [1.807, 2.05) is 20.1 Å². The van der Waals surface area contributed by atoms with Crippen molar-refractivity contribution in [3.8, 4) is 0 Å². The van der Waals surface area contributed by atoms with Gasteiger partial charge in [-0.1, -0.05) is 40.5 Å². The Hall–Kier alpha value is -3.85. The van der Waals surface area contributed by atoms with Crippen molar-refractivity contribution in [2.45, 2.75) is 147 Å². The van der Waals surface area contributed by atoms with E-state index in [0.717, 1.165) is 6.42 Å². The number of carbonyl (C=O) groups excluding carboxylic acids is 8. The van der Waals surface area contributed by atoms with Crippen LogP contribution in [0.15, 0.2) is 0 Å². The highest BCUT2D eigenvalue weighted by Crippen LogP contribution is 2.20. The van der Waals surface area contributed by atoms with Gasteiger partial charge in [-0.25, -0.2) is 0 Å². The first-order chi connectivity index (χ1) is 27.6. The fourth-order valence-corrected chi connectivity index (χ4v) is 6.99. The third-order valence-electron chi connectivity index (χ3n) is 10.9. The molecule has 7 amide bonds. The molecule has 20 heteroatoms. The summed E-state index contributed by atoms with van der Waals surface area (Å²) in [5.74, 6) is -5.88. The summed E-state index contributed by atoms with van der Waals surface area (Å²) < 4.78 is 0. The van der Waals surface area contributed by atoms with Gasteiger partial charge in [0.05, 0.1) is 24.8 Å². The molecule has 0 saturated carbocycles. The Balaban J connectivity index is 2.19. The zero-order chi connectivity index (χ0) is 43.5. The molecule has 58 heavy (non-hydrogen) atoms. The smallest absolute Gasteiger partial charge is 0.246 e. The van der Waals surface area contributed by atoms with Crippen LogP contribution in [0.1, 0.15) is 92.4 Å². The lowest BCUT2D eigenvalue weighted by Crippen LogP contribution is -2.62. The number of aliphatic hydroxyl groups is 2. The molecule has 1 radical (unpaired) electrons. The first-order valence-corrected chi connectivity index (χ1v) is 21.1. The van der Waals surface area contributed by atoms with Crippen LogP contribution < -0.4 is 43.0 Å². The number of aliphatic hydroxyl groups excluding tert-OH is 2. The molecule has 0 aromatic heterocycles. The Labute approximate surface area is 346 Å². The Kier molecular flexibility index (Phi) is 22.2. The van der Waals surface area contributed by atoms with E-state index in [1.165, 1.54) is 11.8 Å². The summed E-state index contributed by atoms with van der Waals surface area (Å²) in [5, 5.41) is 39.2. The van der Waals surface area contributed by atoms with Gasteiger partial charge in [-0.3, -0.25) is 38.4 Å². The van der Waals surface area contributed by atoms with Crippen LogP contribution in [0, 0.1) is 11.8 Å². The summed E-state index contributed by atoms with van der Waals surface area (Å²) in [6.07, 6.45) is 4.75. The first kappa shape index (κ1) is 50.3. The topological polar surface area (TPSA) is 290 Å². The monoisotopic (exact) mass is 840 g/mol. The molecule has 2 aliphatic rings. The fourth-order valence-electron chi connectivity index (χ4n) is 6.74. The number of nitrogens with zero attached hydrogens (tertiary/aromatic N) is 1. The van der Waals surface area contributed by atoms with E-state index in [4.69, 9.17) is 5.73 Å². The van der Waals surface area contributed by atoms with Crippen LogP contribution in [-0.4, -0.2) is 149 Å². The van der Waals surface area contributed by atoms with Gasteiger partial charge in [0, 0.05) is 12.3 Å². The van der Waals surface area contributed by atoms with Crippen LogP contribution in [0.2, 0.25) is 0 Å². The minimum absolute atomic E-state index is 0.0238. The fraction of sp³-hybridized carbons (Fsp3) is 0.789. The van der Waals surface area contributed by atoms with Crippen molar-refractivity contribution in [3.05, 3.63) is 0 Å². The number of carbonyl (C=O) groups is 7. The van der Waals surface area contributed by atoms with E-state index in [2.05, 4.69) is 49.8 Å². The predicted octanol–water partition coefficient (Wildman–Crippen LogP) is -2.73. The number of thiol groups is 1. The molecule has 0 aliphatic carbocycles. The summed E-state index contributed by atoms with van der Waals surface area (Å²) in [5.41, 5.74) is 5.65. The SMILES string of the molecule is CC[C@H](C)[C@H](NC(=O)[C@@H]1CCCN1)C(=O)N[C@@H](CS)C(=O)N[C@H](C(=O)N[C@@H](CCCCN)C(=O)N[C@@H](CO)C(=O)N[C@H](C(=O)N1CCC[C@H]1[C]=O)[C@@H](C)CC)[C@@H](C)O. The molecule has 2 fully saturated rings. The standard InChI is InChI=1S/C38H66N9O10S/c1-6-21(3)29(44-32(51)25-14-10-16-40-25)36(55)43-28(20-58)35(54)46-31(23(5)50)37(56)41-26(13-8-9-15-39)33(52)42-27(19-49)34(53)45-30(22(4)7-2)38(57)47-17-11-12-24(47)18-48/h21-31,40,49-50,58H,6-17,19-20,39H2,1-5H3,(H,41,56)(H,42,52)(H,43,55)(H,44,51)(H,45,53)(H,46,54)/t21-,22-,23+,24-,25-,26-,27-,28-,29-,30-,31-/m0/s1. The molecule has 0 aromatic rings. The highest BCUT2D eigenvalue weighted by molar-refractivity contribution is 7.80. The van der Waals surface area contributed by atoms with Gasteiger partial charge in [-0.05, 0) is 76.8 Å². The number of hydrogen-bond donors (Lipinski definition) is 11. The molecular weight excluding hydrogens is 775 g/mol. The number of likely N-dealkylation sites (tertiary alicyclic amines) is 1. The highest BCUT2D eigenvalue weighted by atomic mass is 32.1. The lowest BCUT2D eigenvalue weighted by Gasteiger charge is -2.31. The van der Waals surface area contributed by atoms with E-state index in [0.29, 0.717) is 58.0 Å². The lowest BCUT2D eigenvalue weighted by atomic mass is 9.97. The number of nitrogens with two attached hydrogens (primary N) is 1. The average Bonchev–Trinajstić information content (AvgIpc) is 3.94. The number of hydrogen-bond acceptors (Lipinski definition) is 13. The van der Waals surface area contributed by atoms with Crippen molar-refractivity contribution < 1.29 is 48.6 Å². The second kappa shape index (κ2) is 25.6. The van der Waals surface area contributed by atoms with Crippen LogP contribution in [0.3, 0.4) is 0 Å². The highest BCUT2D eigenvalue weighted by Gasteiger charge is 2.39. The summed E-state index contributed by atoms with van der Waals surface area (Å²) >= 11 is 4.22. The second-order valence-electron chi connectivity index (χ2n) is 15.3. The van der Waals surface area contributed by atoms with Crippen molar-refractivity contribution >= 4 is 60.3 Å². The molecule has 2 rings (SSSR count). The Bertz CT molecular complexity index is 1400. The molecule has 329 valence electrons. The van der Waals surface area contributed by atoms with Crippen molar-refractivity contribution in [1.82, 2.24) is 42.1 Å². The Morgan fingerprint density at radius 1 is 0.776 bits per heavy atom. The second-order valence-corrected chi connectivity index (χ2v) is 15.6. The van der Waals surface area contributed by atoms with Crippen LogP contribution >= 0.6 is 12.6 Å². The molecular formula is C38H66N9O10S. The normalized spacial score (nSPS) is 21.2. The van der Waals surface area contributed by atoms with Gasteiger partial charge < -0.3 is 58.1 Å². The van der Waals surface area contributed by atoms with E-state index in [-0.39, 0.29) is 36.5 Å². The third-order valence-corrected chi connectivity index (χ3v) is 11.3. The number of rotatable bonds is 25. The van der Waals surface area contributed by atoms with Crippen molar-refractivity contribution in [1.29, 1.82) is 0 Å². The maximum atomic E-state index is 13.6. The predicted molar refractivity (Wildman–Crippen MR) is 217 cm³/mol. The van der Waals surface area contributed by atoms with E-state index in [1.54, 1.807) is 13.8 Å². The van der Waals surface area contributed by atoms with E-state index in [9.17, 15) is 48.6 Å². The number of unbranched alkanes of at least 4 members (excludes halogenated alkanes) is 1. The summed E-state index contributed by atoms with van der Waals surface area (Å²) in [6, 6.07) is -8.98. The molecule has 11 N–H and O–H groups in total. The maximum Gasteiger partial charge on any atom is 0.246 e.